The van der Waals surface area contributed by atoms with E-state index in [0.29, 0.717) is 0 Å². The van der Waals surface area contributed by atoms with Gasteiger partial charge in [-0.25, -0.2) is 0 Å². The minimum Gasteiger partial charge on any atom is -0.360 e. The molecule has 1 aliphatic carbocycles. The van der Waals surface area contributed by atoms with Crippen LogP contribution in [0.2, 0.25) is 0 Å². The zero-order valence-electron chi connectivity index (χ0n) is 15.7. The van der Waals surface area contributed by atoms with E-state index in [2.05, 4.69) is 81.3 Å². The third-order valence-electron chi connectivity index (χ3n) is 5.45. The van der Waals surface area contributed by atoms with E-state index >= 15 is 0 Å². The van der Waals surface area contributed by atoms with Gasteiger partial charge in [-0.1, -0.05) is 68.8 Å². The first-order valence-electron chi connectivity index (χ1n) is 9.34. The normalized spacial score (nSPS) is 13.9. The molecule has 128 valence electrons. The number of benzene rings is 2. The predicted octanol–water partition coefficient (Wildman–Crippen LogP) is 6.44. The van der Waals surface area contributed by atoms with Gasteiger partial charge in [0.2, 0.25) is 0 Å². The largest absolute Gasteiger partial charge is 0.360 e. The molecule has 1 heteroatoms. The Bertz CT molecular complexity index is 904. The number of aryl methyl sites for hydroxylation is 2. The maximum absolute atomic E-state index is 3.59. The Morgan fingerprint density at radius 3 is 2.36 bits per heavy atom. The Morgan fingerprint density at radius 2 is 1.64 bits per heavy atom. The summed E-state index contributed by atoms with van der Waals surface area (Å²) >= 11 is 0. The van der Waals surface area contributed by atoms with Crippen LogP contribution in [-0.4, -0.2) is 4.98 Å². The molecule has 0 bridgehead atoms. The SMILES string of the molecule is Cc1ccc2c(c1)CCCc1c(-c3ccc(C(C)(C)C)cc3)c[nH]c1-2. The van der Waals surface area contributed by atoms with Gasteiger partial charge >= 0.3 is 0 Å². The van der Waals surface area contributed by atoms with Crippen molar-refractivity contribution in [1.82, 2.24) is 4.98 Å². The number of rotatable bonds is 1. The number of hydrogen-bond acceptors (Lipinski definition) is 0. The van der Waals surface area contributed by atoms with Crippen LogP contribution in [0.1, 0.15) is 49.4 Å². The molecule has 3 aromatic rings. The summed E-state index contributed by atoms with van der Waals surface area (Å²) in [6.45, 7) is 8.98. The highest BCUT2D eigenvalue weighted by Gasteiger charge is 2.20. The highest BCUT2D eigenvalue weighted by atomic mass is 14.7. The van der Waals surface area contributed by atoms with E-state index in [9.17, 15) is 0 Å². The highest BCUT2D eigenvalue weighted by Crippen LogP contribution is 2.38. The van der Waals surface area contributed by atoms with Crippen molar-refractivity contribution >= 4 is 0 Å². The Balaban J connectivity index is 1.79. The standard InChI is InChI=1S/C24H27N/c1-16-8-13-20-18(14-16)6-5-7-21-22(15-25-23(20)21)17-9-11-19(12-10-17)24(2,3)4/h8-15,25H,5-7H2,1-4H3. The molecule has 4 rings (SSSR count). The molecule has 0 fully saturated rings. The lowest BCUT2D eigenvalue weighted by molar-refractivity contribution is 0.590. The van der Waals surface area contributed by atoms with Gasteiger partial charge in [0, 0.05) is 23.0 Å². The first kappa shape index (κ1) is 16.2. The van der Waals surface area contributed by atoms with Gasteiger partial charge in [0.25, 0.3) is 0 Å². The minimum atomic E-state index is 0.199. The van der Waals surface area contributed by atoms with Crippen LogP contribution in [0, 0.1) is 6.92 Å². The van der Waals surface area contributed by atoms with Crippen LogP contribution in [-0.2, 0) is 18.3 Å². The number of aromatic amines is 1. The van der Waals surface area contributed by atoms with Crippen molar-refractivity contribution in [1.29, 1.82) is 0 Å². The summed E-state index contributed by atoms with van der Waals surface area (Å²) in [6.07, 6.45) is 5.73. The van der Waals surface area contributed by atoms with Crippen LogP contribution < -0.4 is 0 Å². The second kappa shape index (κ2) is 5.91. The maximum Gasteiger partial charge on any atom is 0.0495 e. The lowest BCUT2D eigenvalue weighted by Crippen LogP contribution is -2.10. The van der Waals surface area contributed by atoms with Gasteiger partial charge in [-0.3, -0.25) is 0 Å². The molecule has 0 amide bonds. The Morgan fingerprint density at radius 1 is 0.880 bits per heavy atom. The Kier molecular flexibility index (Phi) is 3.83. The maximum atomic E-state index is 3.59. The Hall–Kier alpha value is -2.28. The second-order valence-electron chi connectivity index (χ2n) is 8.40. The zero-order valence-corrected chi connectivity index (χ0v) is 15.7. The molecule has 25 heavy (non-hydrogen) atoms. The molecule has 0 unspecified atom stereocenters. The third-order valence-corrected chi connectivity index (χ3v) is 5.45. The van der Waals surface area contributed by atoms with Crippen LogP contribution in [0.4, 0.5) is 0 Å². The van der Waals surface area contributed by atoms with Gasteiger partial charge in [-0.05, 0) is 53.9 Å². The van der Waals surface area contributed by atoms with Crippen LogP contribution in [0.5, 0.6) is 0 Å². The summed E-state index contributed by atoms with van der Waals surface area (Å²) in [6, 6.07) is 16.0. The fraction of sp³-hybridized carbons (Fsp3) is 0.333. The summed E-state index contributed by atoms with van der Waals surface area (Å²) in [5, 5.41) is 0. The number of nitrogens with one attached hydrogen (secondary N) is 1. The van der Waals surface area contributed by atoms with Crippen molar-refractivity contribution in [2.24, 2.45) is 0 Å². The van der Waals surface area contributed by atoms with Crippen LogP contribution in [0.15, 0.2) is 48.7 Å². The fourth-order valence-corrected chi connectivity index (χ4v) is 3.99. The first-order valence-corrected chi connectivity index (χ1v) is 9.34. The second-order valence-corrected chi connectivity index (χ2v) is 8.40. The average Bonchev–Trinajstić information content (AvgIpc) is 2.90. The number of hydrogen-bond donors (Lipinski definition) is 1. The molecule has 0 atom stereocenters. The van der Waals surface area contributed by atoms with Crippen molar-refractivity contribution < 1.29 is 0 Å². The van der Waals surface area contributed by atoms with Gasteiger partial charge in [0.15, 0.2) is 0 Å². The van der Waals surface area contributed by atoms with Crippen molar-refractivity contribution in [3.8, 4) is 22.4 Å². The van der Waals surface area contributed by atoms with E-state index < -0.39 is 0 Å². The molecule has 0 aliphatic heterocycles. The average molecular weight is 329 g/mol. The van der Waals surface area contributed by atoms with Gasteiger partial charge in [0.05, 0.1) is 0 Å². The van der Waals surface area contributed by atoms with E-state index in [1.807, 2.05) is 0 Å². The number of H-pyrrole nitrogens is 1. The van der Waals surface area contributed by atoms with E-state index in [4.69, 9.17) is 0 Å². The molecule has 0 spiro atoms. The van der Waals surface area contributed by atoms with E-state index in [0.717, 1.165) is 6.42 Å². The van der Waals surface area contributed by atoms with Crippen molar-refractivity contribution in [3.63, 3.8) is 0 Å². The third kappa shape index (κ3) is 2.93. The summed E-state index contributed by atoms with van der Waals surface area (Å²) in [4.78, 5) is 3.59. The first-order chi connectivity index (χ1) is 11.9. The molecule has 1 aromatic heterocycles. The Labute approximate surface area is 151 Å². The van der Waals surface area contributed by atoms with Gasteiger partial charge in [-0.15, -0.1) is 0 Å². The highest BCUT2D eigenvalue weighted by molar-refractivity contribution is 5.79. The minimum absolute atomic E-state index is 0.199. The molecule has 0 saturated heterocycles. The van der Waals surface area contributed by atoms with Gasteiger partial charge in [0.1, 0.15) is 0 Å². The zero-order chi connectivity index (χ0) is 17.6. The number of fused-ring (bicyclic) bond motifs is 3. The topological polar surface area (TPSA) is 15.8 Å². The fourth-order valence-electron chi connectivity index (χ4n) is 3.99. The number of aromatic nitrogens is 1. The molecule has 1 N–H and O–H groups in total. The smallest absolute Gasteiger partial charge is 0.0495 e. The van der Waals surface area contributed by atoms with Gasteiger partial charge in [-0.2, -0.15) is 0 Å². The molecule has 1 nitrogen and oxygen atoms in total. The summed E-state index contributed by atoms with van der Waals surface area (Å²) < 4.78 is 0. The van der Waals surface area contributed by atoms with Gasteiger partial charge < -0.3 is 4.98 Å². The predicted molar refractivity (Wildman–Crippen MR) is 107 cm³/mol. The molecule has 2 aromatic carbocycles. The molecular formula is C24H27N. The van der Waals surface area contributed by atoms with E-state index in [-0.39, 0.29) is 5.41 Å². The van der Waals surface area contributed by atoms with Crippen molar-refractivity contribution in [2.75, 3.05) is 0 Å². The molecule has 0 saturated carbocycles. The molecule has 1 aliphatic rings. The summed E-state index contributed by atoms with van der Waals surface area (Å²) in [7, 11) is 0. The van der Waals surface area contributed by atoms with Crippen LogP contribution in [0.3, 0.4) is 0 Å². The van der Waals surface area contributed by atoms with Crippen molar-refractivity contribution in [2.45, 2.75) is 52.4 Å². The van der Waals surface area contributed by atoms with Crippen LogP contribution in [0.25, 0.3) is 22.4 Å². The van der Waals surface area contributed by atoms with Crippen molar-refractivity contribution in [3.05, 3.63) is 70.9 Å². The molecule has 0 radical (unpaired) electrons. The lowest BCUT2D eigenvalue weighted by Gasteiger charge is -2.19. The monoisotopic (exact) mass is 329 g/mol. The van der Waals surface area contributed by atoms with E-state index in [1.165, 1.54) is 57.5 Å². The summed E-state index contributed by atoms with van der Waals surface area (Å²) in [5.41, 5.74) is 11.3. The van der Waals surface area contributed by atoms with Crippen LogP contribution >= 0.6 is 0 Å². The van der Waals surface area contributed by atoms with E-state index in [1.54, 1.807) is 0 Å². The lowest BCUT2D eigenvalue weighted by atomic mass is 9.86. The summed E-state index contributed by atoms with van der Waals surface area (Å²) in [5.74, 6) is 0. The molecular weight excluding hydrogens is 302 g/mol. The quantitative estimate of drug-likeness (QED) is 0.528. The molecule has 1 heterocycles.